The minimum absolute atomic E-state index is 0.0118. The van der Waals surface area contributed by atoms with E-state index in [0.717, 1.165) is 19.0 Å². The molecule has 1 aromatic carbocycles. The van der Waals surface area contributed by atoms with Gasteiger partial charge in [0.15, 0.2) is 0 Å². The fraction of sp³-hybridized carbons (Fsp3) is 0.250. The van der Waals surface area contributed by atoms with E-state index in [1.165, 1.54) is 24.3 Å². The Hall–Kier alpha value is -2.32. The number of hydrogen-bond donors (Lipinski definition) is 2. The number of pyridine rings is 1. The lowest BCUT2D eigenvalue weighted by Crippen LogP contribution is -2.25. The lowest BCUT2D eigenvalue weighted by Gasteiger charge is -2.09. The van der Waals surface area contributed by atoms with Crippen molar-refractivity contribution in [2.75, 3.05) is 5.32 Å². The van der Waals surface area contributed by atoms with Crippen molar-refractivity contribution in [2.24, 2.45) is 0 Å². The summed E-state index contributed by atoms with van der Waals surface area (Å²) >= 11 is 0. The second-order valence-electron chi connectivity index (χ2n) is 5.62. The van der Waals surface area contributed by atoms with Crippen molar-refractivity contribution in [2.45, 2.75) is 30.2 Å². The first-order chi connectivity index (χ1) is 11.4. The highest BCUT2D eigenvalue weighted by molar-refractivity contribution is 7.89. The molecule has 1 fully saturated rings. The number of amides is 1. The third kappa shape index (κ3) is 4.36. The van der Waals surface area contributed by atoms with Crippen molar-refractivity contribution in [1.29, 1.82) is 0 Å². The van der Waals surface area contributed by atoms with Gasteiger partial charge >= 0.3 is 0 Å². The number of rotatable bonds is 6. The van der Waals surface area contributed by atoms with Gasteiger partial charge in [-0.1, -0.05) is 6.07 Å². The number of carbonyl (C=O) groups is 1. The summed E-state index contributed by atoms with van der Waals surface area (Å²) in [5.41, 5.74) is 0.800. The lowest BCUT2D eigenvalue weighted by molar-refractivity contribution is -0.115. The molecule has 0 atom stereocenters. The van der Waals surface area contributed by atoms with Gasteiger partial charge < -0.3 is 5.32 Å². The molecule has 2 aromatic rings. The summed E-state index contributed by atoms with van der Waals surface area (Å²) in [4.78, 5) is 15.9. The Balaban J connectivity index is 1.67. The first-order valence-corrected chi connectivity index (χ1v) is 8.93. The maximum absolute atomic E-state index is 12.8. The highest BCUT2D eigenvalue weighted by atomic mass is 32.2. The SMILES string of the molecule is O=C(Cc1ccc(F)cn1)Nc1cccc(S(=O)(=O)NC2CC2)c1. The van der Waals surface area contributed by atoms with Crippen LogP contribution < -0.4 is 10.0 Å². The number of carbonyl (C=O) groups excluding carboxylic acids is 1. The minimum Gasteiger partial charge on any atom is -0.326 e. The Morgan fingerprint density at radius 1 is 1.25 bits per heavy atom. The van der Waals surface area contributed by atoms with Gasteiger partial charge in [-0.25, -0.2) is 17.5 Å². The number of hydrogen-bond acceptors (Lipinski definition) is 4. The van der Waals surface area contributed by atoms with E-state index in [1.807, 2.05) is 0 Å². The maximum atomic E-state index is 12.8. The van der Waals surface area contributed by atoms with E-state index in [9.17, 15) is 17.6 Å². The molecule has 0 saturated heterocycles. The summed E-state index contributed by atoms with van der Waals surface area (Å²) in [6.07, 6.45) is 2.71. The second kappa shape index (κ2) is 6.66. The van der Waals surface area contributed by atoms with Crippen LogP contribution in [0.2, 0.25) is 0 Å². The topological polar surface area (TPSA) is 88.2 Å². The normalized spacial score (nSPS) is 14.4. The first-order valence-electron chi connectivity index (χ1n) is 7.45. The summed E-state index contributed by atoms with van der Waals surface area (Å²) in [6.45, 7) is 0. The van der Waals surface area contributed by atoms with E-state index in [2.05, 4.69) is 15.0 Å². The third-order valence-electron chi connectivity index (χ3n) is 3.46. The minimum atomic E-state index is -3.57. The van der Waals surface area contributed by atoms with Crippen LogP contribution in [0.25, 0.3) is 0 Å². The van der Waals surface area contributed by atoms with Crippen molar-refractivity contribution in [3.8, 4) is 0 Å². The van der Waals surface area contributed by atoms with Gasteiger partial charge in [-0.05, 0) is 43.2 Å². The maximum Gasteiger partial charge on any atom is 0.240 e. The molecule has 24 heavy (non-hydrogen) atoms. The van der Waals surface area contributed by atoms with Gasteiger partial charge in [-0.2, -0.15) is 0 Å². The van der Waals surface area contributed by atoms with E-state index in [0.29, 0.717) is 11.4 Å². The van der Waals surface area contributed by atoms with Crippen molar-refractivity contribution >= 4 is 21.6 Å². The van der Waals surface area contributed by atoms with Crippen LogP contribution in [0.1, 0.15) is 18.5 Å². The molecule has 0 unspecified atom stereocenters. The standard InChI is InChI=1S/C16H16FN3O3S/c17-11-4-5-13(18-10-11)9-16(21)19-14-2-1-3-15(8-14)24(22,23)20-12-6-7-12/h1-5,8,10,12,20H,6-7,9H2,(H,19,21). The molecule has 1 saturated carbocycles. The van der Waals surface area contributed by atoms with E-state index >= 15 is 0 Å². The van der Waals surface area contributed by atoms with E-state index in [-0.39, 0.29) is 23.3 Å². The zero-order valence-electron chi connectivity index (χ0n) is 12.7. The average molecular weight is 349 g/mol. The monoisotopic (exact) mass is 349 g/mol. The van der Waals surface area contributed by atoms with Crippen LogP contribution in [0.15, 0.2) is 47.5 Å². The van der Waals surface area contributed by atoms with Gasteiger partial charge in [0.25, 0.3) is 0 Å². The molecule has 0 radical (unpaired) electrons. The summed E-state index contributed by atoms with van der Waals surface area (Å²) in [5.74, 6) is -0.834. The molecule has 8 heteroatoms. The van der Waals surface area contributed by atoms with Crippen LogP contribution in [0.3, 0.4) is 0 Å². The third-order valence-corrected chi connectivity index (χ3v) is 4.98. The van der Waals surface area contributed by atoms with Gasteiger partial charge in [-0.15, -0.1) is 0 Å². The smallest absolute Gasteiger partial charge is 0.240 e. The molecule has 3 rings (SSSR count). The van der Waals surface area contributed by atoms with Crippen molar-refractivity contribution < 1.29 is 17.6 Å². The largest absolute Gasteiger partial charge is 0.326 e. The second-order valence-corrected chi connectivity index (χ2v) is 7.33. The molecule has 1 aliphatic rings. The molecular weight excluding hydrogens is 333 g/mol. The number of halogens is 1. The van der Waals surface area contributed by atoms with Crippen molar-refractivity contribution in [1.82, 2.24) is 9.71 Å². The Labute approximate surface area is 139 Å². The molecular formula is C16H16FN3O3S. The Kier molecular flexibility index (Phi) is 4.59. The van der Waals surface area contributed by atoms with Crippen molar-refractivity contribution in [3.63, 3.8) is 0 Å². The molecule has 2 N–H and O–H groups in total. The van der Waals surface area contributed by atoms with E-state index < -0.39 is 15.8 Å². The highest BCUT2D eigenvalue weighted by Crippen LogP contribution is 2.23. The molecule has 6 nitrogen and oxygen atoms in total. The molecule has 126 valence electrons. The van der Waals surface area contributed by atoms with Gasteiger partial charge in [-0.3, -0.25) is 9.78 Å². The summed E-state index contributed by atoms with van der Waals surface area (Å²) in [6, 6.07) is 8.71. The van der Waals surface area contributed by atoms with Gasteiger partial charge in [0, 0.05) is 17.4 Å². The number of nitrogens with zero attached hydrogens (tertiary/aromatic N) is 1. The molecule has 1 amide bonds. The fourth-order valence-electron chi connectivity index (χ4n) is 2.11. The summed E-state index contributed by atoms with van der Waals surface area (Å²) < 4.78 is 39.7. The van der Waals surface area contributed by atoms with Crippen LogP contribution in [-0.2, 0) is 21.2 Å². The zero-order valence-corrected chi connectivity index (χ0v) is 13.5. The van der Waals surface area contributed by atoms with Gasteiger partial charge in [0.2, 0.25) is 15.9 Å². The first kappa shape index (κ1) is 16.5. The molecule has 1 heterocycles. The predicted molar refractivity (Wildman–Crippen MR) is 86.3 cm³/mol. The summed E-state index contributed by atoms with van der Waals surface area (Å²) in [7, 11) is -3.57. The van der Waals surface area contributed by atoms with E-state index in [1.54, 1.807) is 12.1 Å². The number of aromatic nitrogens is 1. The van der Waals surface area contributed by atoms with Crippen LogP contribution in [0.5, 0.6) is 0 Å². The van der Waals surface area contributed by atoms with Crippen LogP contribution in [0, 0.1) is 5.82 Å². The number of benzene rings is 1. The fourth-order valence-corrected chi connectivity index (χ4v) is 3.46. The molecule has 0 bridgehead atoms. The average Bonchev–Trinajstić information content (AvgIpc) is 3.33. The molecule has 0 spiro atoms. The lowest BCUT2D eigenvalue weighted by atomic mass is 10.2. The van der Waals surface area contributed by atoms with Crippen LogP contribution >= 0.6 is 0 Å². The Morgan fingerprint density at radius 2 is 2.04 bits per heavy atom. The van der Waals surface area contributed by atoms with Gasteiger partial charge in [0.05, 0.1) is 17.5 Å². The zero-order chi connectivity index (χ0) is 17.2. The Bertz CT molecular complexity index is 849. The molecule has 0 aliphatic heterocycles. The molecule has 1 aliphatic carbocycles. The highest BCUT2D eigenvalue weighted by Gasteiger charge is 2.28. The molecule has 1 aromatic heterocycles. The van der Waals surface area contributed by atoms with Crippen LogP contribution in [-0.4, -0.2) is 25.4 Å². The number of anilines is 1. The van der Waals surface area contributed by atoms with Crippen molar-refractivity contribution in [3.05, 3.63) is 54.1 Å². The van der Waals surface area contributed by atoms with Crippen LogP contribution in [0.4, 0.5) is 10.1 Å². The Morgan fingerprint density at radius 3 is 2.71 bits per heavy atom. The van der Waals surface area contributed by atoms with Gasteiger partial charge in [0.1, 0.15) is 5.82 Å². The quantitative estimate of drug-likeness (QED) is 0.833. The van der Waals surface area contributed by atoms with E-state index in [4.69, 9.17) is 0 Å². The number of sulfonamides is 1. The predicted octanol–water partition coefficient (Wildman–Crippen LogP) is 1.84. The summed E-state index contributed by atoms with van der Waals surface area (Å²) in [5, 5.41) is 2.62. The number of nitrogens with one attached hydrogen (secondary N) is 2.